The molecule has 0 spiro atoms. The van der Waals surface area contributed by atoms with Gasteiger partial charge in [-0.1, -0.05) is 18.0 Å². The van der Waals surface area contributed by atoms with E-state index in [1.165, 1.54) is 38.5 Å². The molecule has 1 aromatic heterocycles. The van der Waals surface area contributed by atoms with Crippen molar-refractivity contribution in [3.63, 3.8) is 0 Å². The molecule has 0 amide bonds. The summed E-state index contributed by atoms with van der Waals surface area (Å²) in [5.41, 5.74) is 0. The summed E-state index contributed by atoms with van der Waals surface area (Å²) in [6, 6.07) is 0. The summed E-state index contributed by atoms with van der Waals surface area (Å²) in [4.78, 5) is 2.42. The third kappa shape index (κ3) is 2.63. The predicted octanol–water partition coefficient (Wildman–Crippen LogP) is 1.73. The zero-order chi connectivity index (χ0) is 10.7. The minimum Gasteiger partial charge on any atom is -0.504 e. The van der Waals surface area contributed by atoms with Crippen molar-refractivity contribution in [1.82, 2.24) is 14.7 Å². The smallest absolute Gasteiger partial charge is 0.172 e. The fraction of sp³-hybridized carbons (Fsp3) is 0.700. The average Bonchev–Trinajstić information content (AvgIpc) is 2.59. The Morgan fingerprint density at radius 2 is 2.00 bits per heavy atom. The summed E-state index contributed by atoms with van der Waals surface area (Å²) in [5, 5.41) is 13.6. The number of halogens is 1. The largest absolute Gasteiger partial charge is 0.504 e. The molecular formula is C10H16ClN3O. The van der Waals surface area contributed by atoms with Crippen molar-refractivity contribution in [3.05, 3.63) is 11.3 Å². The number of aromatic nitrogens is 2. The summed E-state index contributed by atoms with van der Waals surface area (Å²) in [7, 11) is 0. The van der Waals surface area contributed by atoms with E-state index < -0.39 is 0 Å². The Labute approximate surface area is 94.4 Å². The highest BCUT2D eigenvalue weighted by Crippen LogP contribution is 2.21. The summed E-state index contributed by atoms with van der Waals surface area (Å²) >= 11 is 5.86. The van der Waals surface area contributed by atoms with Crippen LogP contribution in [-0.4, -0.2) is 39.4 Å². The zero-order valence-electron chi connectivity index (χ0n) is 8.69. The summed E-state index contributed by atoms with van der Waals surface area (Å²) in [6.45, 7) is 4.05. The predicted molar refractivity (Wildman–Crippen MR) is 59.2 cm³/mol. The lowest BCUT2D eigenvalue weighted by Crippen LogP contribution is -2.32. The van der Waals surface area contributed by atoms with Gasteiger partial charge in [-0.05, 0) is 25.9 Å². The highest BCUT2D eigenvalue weighted by molar-refractivity contribution is 6.30. The van der Waals surface area contributed by atoms with E-state index in [1.807, 2.05) is 0 Å². The Bertz CT molecular complexity index is 320. The molecule has 1 aliphatic heterocycles. The Hall–Kier alpha value is -0.740. The van der Waals surface area contributed by atoms with E-state index in [2.05, 4.69) is 10.00 Å². The van der Waals surface area contributed by atoms with Gasteiger partial charge >= 0.3 is 0 Å². The number of hydrogen-bond donors (Lipinski definition) is 1. The molecule has 1 fully saturated rings. The van der Waals surface area contributed by atoms with Crippen LogP contribution in [0.2, 0.25) is 5.15 Å². The van der Waals surface area contributed by atoms with Crippen molar-refractivity contribution < 1.29 is 5.11 Å². The van der Waals surface area contributed by atoms with Crippen molar-refractivity contribution in [1.29, 1.82) is 0 Å². The number of aromatic hydroxyl groups is 1. The van der Waals surface area contributed by atoms with Gasteiger partial charge in [-0.2, -0.15) is 5.10 Å². The maximum atomic E-state index is 9.25. The van der Waals surface area contributed by atoms with Gasteiger partial charge in [0.1, 0.15) is 0 Å². The van der Waals surface area contributed by atoms with E-state index in [4.69, 9.17) is 11.6 Å². The van der Waals surface area contributed by atoms with Crippen molar-refractivity contribution in [2.45, 2.75) is 25.8 Å². The van der Waals surface area contributed by atoms with Gasteiger partial charge in [-0.25, -0.2) is 4.68 Å². The maximum Gasteiger partial charge on any atom is 0.172 e. The molecule has 1 aliphatic rings. The van der Waals surface area contributed by atoms with Gasteiger partial charge in [0.25, 0.3) is 0 Å². The standard InChI is InChI=1S/C10H16ClN3O/c11-10-9(15)8-12-14(10)7-6-13-4-2-1-3-5-13/h8,15H,1-7H2. The van der Waals surface area contributed by atoms with E-state index >= 15 is 0 Å². The van der Waals surface area contributed by atoms with Crippen LogP contribution < -0.4 is 0 Å². The molecule has 1 N–H and O–H groups in total. The van der Waals surface area contributed by atoms with Crippen LogP contribution in [0.3, 0.4) is 0 Å². The first-order valence-electron chi connectivity index (χ1n) is 5.40. The SMILES string of the molecule is Oc1cnn(CCN2CCCCC2)c1Cl. The average molecular weight is 230 g/mol. The molecule has 0 atom stereocenters. The number of piperidine rings is 1. The summed E-state index contributed by atoms with van der Waals surface area (Å²) in [6.07, 6.45) is 5.31. The quantitative estimate of drug-likeness (QED) is 0.858. The minimum absolute atomic E-state index is 0.0651. The van der Waals surface area contributed by atoms with Gasteiger partial charge in [-0.3, -0.25) is 0 Å². The maximum absolute atomic E-state index is 9.25. The lowest BCUT2D eigenvalue weighted by molar-refractivity contribution is 0.218. The Morgan fingerprint density at radius 3 is 2.60 bits per heavy atom. The van der Waals surface area contributed by atoms with Crippen molar-refractivity contribution in [2.75, 3.05) is 19.6 Å². The first-order valence-corrected chi connectivity index (χ1v) is 5.78. The van der Waals surface area contributed by atoms with E-state index in [0.717, 1.165) is 13.1 Å². The zero-order valence-corrected chi connectivity index (χ0v) is 9.45. The summed E-state index contributed by atoms with van der Waals surface area (Å²) in [5.74, 6) is 0.0651. The third-order valence-corrected chi connectivity index (χ3v) is 3.22. The van der Waals surface area contributed by atoms with Crippen LogP contribution in [0.15, 0.2) is 6.20 Å². The van der Waals surface area contributed by atoms with Crippen molar-refractivity contribution >= 4 is 11.6 Å². The highest BCUT2D eigenvalue weighted by atomic mass is 35.5. The molecular weight excluding hydrogens is 214 g/mol. The number of hydrogen-bond acceptors (Lipinski definition) is 3. The van der Waals surface area contributed by atoms with Gasteiger partial charge in [-0.15, -0.1) is 0 Å². The second-order valence-electron chi connectivity index (χ2n) is 3.95. The summed E-state index contributed by atoms with van der Waals surface area (Å²) < 4.78 is 1.64. The van der Waals surface area contributed by atoms with E-state index in [0.29, 0.717) is 5.15 Å². The second-order valence-corrected chi connectivity index (χ2v) is 4.30. The molecule has 15 heavy (non-hydrogen) atoms. The Morgan fingerprint density at radius 1 is 1.27 bits per heavy atom. The third-order valence-electron chi connectivity index (χ3n) is 2.83. The Kier molecular flexibility index (Phi) is 3.49. The topological polar surface area (TPSA) is 41.3 Å². The van der Waals surface area contributed by atoms with Crippen LogP contribution in [0, 0.1) is 0 Å². The number of rotatable bonds is 3. The van der Waals surface area contributed by atoms with Gasteiger partial charge in [0.2, 0.25) is 0 Å². The lowest BCUT2D eigenvalue weighted by Gasteiger charge is -2.26. The molecule has 1 aromatic rings. The molecule has 0 saturated carbocycles. The molecule has 0 bridgehead atoms. The fourth-order valence-electron chi connectivity index (χ4n) is 1.94. The first kappa shape index (κ1) is 10.8. The van der Waals surface area contributed by atoms with Crippen LogP contribution in [0.4, 0.5) is 0 Å². The fourth-order valence-corrected chi connectivity index (χ4v) is 2.11. The highest BCUT2D eigenvalue weighted by Gasteiger charge is 2.11. The van der Waals surface area contributed by atoms with Crippen LogP contribution in [0.25, 0.3) is 0 Å². The van der Waals surface area contributed by atoms with Crippen LogP contribution in [0.5, 0.6) is 5.75 Å². The van der Waals surface area contributed by atoms with E-state index in [9.17, 15) is 5.11 Å². The lowest BCUT2D eigenvalue weighted by atomic mass is 10.1. The molecule has 0 aliphatic carbocycles. The van der Waals surface area contributed by atoms with Gasteiger partial charge < -0.3 is 10.0 Å². The molecule has 2 heterocycles. The van der Waals surface area contributed by atoms with Gasteiger partial charge in [0, 0.05) is 6.54 Å². The van der Waals surface area contributed by atoms with Gasteiger partial charge in [0.05, 0.1) is 12.7 Å². The van der Waals surface area contributed by atoms with E-state index in [1.54, 1.807) is 4.68 Å². The van der Waals surface area contributed by atoms with Crippen molar-refractivity contribution in [2.24, 2.45) is 0 Å². The molecule has 84 valence electrons. The van der Waals surface area contributed by atoms with Crippen LogP contribution in [-0.2, 0) is 6.54 Å². The van der Waals surface area contributed by atoms with Crippen LogP contribution >= 0.6 is 11.6 Å². The first-order chi connectivity index (χ1) is 7.27. The molecule has 4 nitrogen and oxygen atoms in total. The van der Waals surface area contributed by atoms with Gasteiger partial charge in [0.15, 0.2) is 10.9 Å². The minimum atomic E-state index is 0.0651. The normalized spacial score (nSPS) is 18.2. The molecule has 0 radical (unpaired) electrons. The number of likely N-dealkylation sites (tertiary alicyclic amines) is 1. The molecule has 0 unspecified atom stereocenters. The van der Waals surface area contributed by atoms with E-state index in [-0.39, 0.29) is 5.75 Å². The molecule has 2 rings (SSSR count). The number of nitrogens with zero attached hydrogens (tertiary/aromatic N) is 3. The van der Waals surface area contributed by atoms with Crippen LogP contribution in [0.1, 0.15) is 19.3 Å². The molecule has 1 saturated heterocycles. The second kappa shape index (κ2) is 4.86. The van der Waals surface area contributed by atoms with Crippen molar-refractivity contribution in [3.8, 4) is 5.75 Å². The molecule has 0 aromatic carbocycles. The monoisotopic (exact) mass is 229 g/mol. The Balaban J connectivity index is 1.84. The molecule has 5 heteroatoms.